The summed E-state index contributed by atoms with van der Waals surface area (Å²) in [7, 11) is 0. The number of rotatable bonds is 5. The molecule has 9 heteroatoms. The van der Waals surface area contributed by atoms with Crippen LogP contribution in [0.3, 0.4) is 0 Å². The normalized spacial score (nSPS) is 14.8. The number of hydrazone groups is 1. The summed E-state index contributed by atoms with van der Waals surface area (Å²) in [5, 5.41) is 18.2. The van der Waals surface area contributed by atoms with Crippen LogP contribution >= 0.6 is 15.9 Å². The van der Waals surface area contributed by atoms with Crippen LogP contribution < -0.4 is 5.56 Å². The number of halogens is 1. The summed E-state index contributed by atoms with van der Waals surface area (Å²) in [5.74, 6) is -0.333. The minimum Gasteiger partial charge on any atom is -0.321 e. The number of carbonyl (C=O) groups excluding carboxylic acids is 1. The van der Waals surface area contributed by atoms with Gasteiger partial charge in [-0.2, -0.15) is 5.10 Å². The van der Waals surface area contributed by atoms with E-state index in [0.717, 1.165) is 21.0 Å². The molecule has 4 aromatic carbocycles. The van der Waals surface area contributed by atoms with Crippen LogP contribution in [0.1, 0.15) is 33.9 Å². The Hall–Kier alpha value is -4.89. The summed E-state index contributed by atoms with van der Waals surface area (Å²) >= 11 is 3.55. The lowest BCUT2D eigenvalue weighted by molar-refractivity contribution is -0.384. The van der Waals surface area contributed by atoms with Crippen LogP contribution in [0, 0.1) is 10.1 Å². The van der Waals surface area contributed by atoms with Gasteiger partial charge >= 0.3 is 0 Å². The molecule has 0 spiro atoms. The third-order valence-corrected chi connectivity index (χ3v) is 7.45. The third kappa shape index (κ3) is 4.60. The first-order valence-corrected chi connectivity index (χ1v) is 13.3. The van der Waals surface area contributed by atoms with E-state index in [1.54, 1.807) is 36.4 Å². The number of aromatic nitrogens is 1. The van der Waals surface area contributed by atoms with E-state index in [1.807, 2.05) is 54.6 Å². The zero-order valence-corrected chi connectivity index (χ0v) is 22.5. The number of carbonyl (C=O) groups is 1. The lowest BCUT2D eigenvalue weighted by Gasteiger charge is -2.22. The lowest BCUT2D eigenvalue weighted by Crippen LogP contribution is -2.27. The molecule has 40 heavy (non-hydrogen) atoms. The van der Waals surface area contributed by atoms with Crippen molar-refractivity contribution in [3.8, 4) is 11.1 Å². The van der Waals surface area contributed by atoms with Crippen LogP contribution in [-0.2, 0) is 0 Å². The Morgan fingerprint density at radius 1 is 0.925 bits per heavy atom. The first-order chi connectivity index (χ1) is 19.4. The van der Waals surface area contributed by atoms with Gasteiger partial charge in [0, 0.05) is 45.1 Å². The van der Waals surface area contributed by atoms with Crippen molar-refractivity contribution in [3.05, 3.63) is 145 Å². The van der Waals surface area contributed by atoms with Gasteiger partial charge in [0.15, 0.2) is 0 Å². The molecule has 1 aliphatic heterocycles. The van der Waals surface area contributed by atoms with E-state index in [-0.39, 0.29) is 23.6 Å². The van der Waals surface area contributed by atoms with E-state index in [2.05, 4.69) is 20.9 Å². The molecule has 1 amide bonds. The molecule has 1 aliphatic rings. The van der Waals surface area contributed by atoms with Gasteiger partial charge in [0.1, 0.15) is 0 Å². The second kappa shape index (κ2) is 10.3. The number of nitro benzene ring substituents is 1. The van der Waals surface area contributed by atoms with Crippen molar-refractivity contribution in [1.29, 1.82) is 0 Å². The van der Waals surface area contributed by atoms with E-state index in [4.69, 9.17) is 5.10 Å². The number of nitro groups is 1. The van der Waals surface area contributed by atoms with Crippen LogP contribution in [0.5, 0.6) is 0 Å². The van der Waals surface area contributed by atoms with Gasteiger partial charge in [0.25, 0.3) is 17.2 Å². The number of non-ortho nitro benzene ring substituents is 1. The van der Waals surface area contributed by atoms with E-state index in [9.17, 15) is 19.7 Å². The van der Waals surface area contributed by atoms with Gasteiger partial charge in [-0.25, -0.2) is 5.01 Å². The molecule has 0 bridgehead atoms. The average molecular weight is 593 g/mol. The molecule has 8 nitrogen and oxygen atoms in total. The van der Waals surface area contributed by atoms with Crippen molar-refractivity contribution < 1.29 is 9.72 Å². The zero-order chi connectivity index (χ0) is 27.8. The molecule has 5 aromatic rings. The molecule has 1 atom stereocenters. The van der Waals surface area contributed by atoms with E-state index >= 15 is 0 Å². The number of benzene rings is 4. The highest BCUT2D eigenvalue weighted by Gasteiger charge is 2.36. The molecule has 1 aromatic heterocycles. The number of hydrogen-bond acceptors (Lipinski definition) is 5. The summed E-state index contributed by atoms with van der Waals surface area (Å²) in [5.41, 5.74) is 3.83. The first-order valence-electron chi connectivity index (χ1n) is 12.5. The fraction of sp³-hybridized carbons (Fsp3) is 0.0645. The van der Waals surface area contributed by atoms with Gasteiger partial charge in [-0.3, -0.25) is 19.7 Å². The van der Waals surface area contributed by atoms with Crippen molar-refractivity contribution in [2.75, 3.05) is 0 Å². The summed E-state index contributed by atoms with van der Waals surface area (Å²) < 4.78 is 0.855. The van der Waals surface area contributed by atoms with Gasteiger partial charge < -0.3 is 4.98 Å². The van der Waals surface area contributed by atoms with Crippen LogP contribution in [-0.4, -0.2) is 26.5 Å². The van der Waals surface area contributed by atoms with Crippen molar-refractivity contribution in [2.45, 2.75) is 12.5 Å². The van der Waals surface area contributed by atoms with E-state index in [0.29, 0.717) is 27.9 Å². The Balaban J connectivity index is 1.55. The highest BCUT2D eigenvalue weighted by Crippen LogP contribution is 2.38. The fourth-order valence-corrected chi connectivity index (χ4v) is 5.45. The van der Waals surface area contributed by atoms with E-state index < -0.39 is 11.0 Å². The van der Waals surface area contributed by atoms with Gasteiger partial charge in [0.2, 0.25) is 0 Å². The SMILES string of the molecule is O=C(c1ccccc1)N1N=C(c2c(-c3ccccc3)c3cc(Br)ccc3[nH]c2=O)C[C@H]1c1ccc([N+](=O)[O-])cc1. The predicted octanol–water partition coefficient (Wildman–Crippen LogP) is 6.86. The van der Waals surface area contributed by atoms with Crippen LogP contribution in [0.25, 0.3) is 22.0 Å². The predicted molar refractivity (Wildman–Crippen MR) is 157 cm³/mol. The largest absolute Gasteiger partial charge is 0.321 e. The summed E-state index contributed by atoms with van der Waals surface area (Å²) in [6.45, 7) is 0. The standard InChI is InChI=1S/C31H21BrN4O4/c32-22-13-16-25-24(17-22)28(20-7-3-1-4-8-20)29(30(37)33-25)26-18-27(19-11-14-23(15-12-19)36(39)40)35(34-26)31(38)21-9-5-2-6-10-21/h1-17,27H,18H2,(H,33,37)/t27-/m0/s1. The zero-order valence-electron chi connectivity index (χ0n) is 21.0. The molecule has 0 fully saturated rings. The average Bonchev–Trinajstić information content (AvgIpc) is 3.42. The third-order valence-electron chi connectivity index (χ3n) is 6.96. The summed E-state index contributed by atoms with van der Waals surface area (Å²) in [6.07, 6.45) is 0.249. The molecule has 1 N–H and O–H groups in total. The van der Waals surface area contributed by atoms with Gasteiger partial charge in [-0.15, -0.1) is 0 Å². The second-order valence-corrected chi connectivity index (χ2v) is 10.3. The van der Waals surface area contributed by atoms with Crippen LogP contribution in [0.4, 0.5) is 5.69 Å². The molecule has 0 unspecified atom stereocenters. The Labute approximate surface area is 236 Å². The Kier molecular flexibility index (Phi) is 6.57. The maximum absolute atomic E-state index is 13.7. The number of nitrogens with zero attached hydrogens (tertiary/aromatic N) is 3. The Bertz CT molecular complexity index is 1850. The highest BCUT2D eigenvalue weighted by molar-refractivity contribution is 9.10. The monoisotopic (exact) mass is 592 g/mol. The summed E-state index contributed by atoms with van der Waals surface area (Å²) in [4.78, 5) is 41.1. The molecular weight excluding hydrogens is 572 g/mol. The number of amides is 1. The van der Waals surface area contributed by atoms with Crippen molar-refractivity contribution in [2.24, 2.45) is 5.10 Å². The van der Waals surface area contributed by atoms with Gasteiger partial charge in [0.05, 0.1) is 22.2 Å². The molecule has 0 aliphatic carbocycles. The van der Waals surface area contributed by atoms with E-state index in [1.165, 1.54) is 17.1 Å². The smallest absolute Gasteiger partial charge is 0.274 e. The van der Waals surface area contributed by atoms with Gasteiger partial charge in [-0.1, -0.05) is 76.6 Å². The van der Waals surface area contributed by atoms with Crippen molar-refractivity contribution in [3.63, 3.8) is 0 Å². The molecule has 6 rings (SSSR count). The number of aromatic amines is 1. The number of pyridine rings is 1. The number of nitrogens with one attached hydrogen (secondary N) is 1. The summed E-state index contributed by atoms with van der Waals surface area (Å²) in [6, 6.07) is 29.6. The molecular formula is C31H21BrN4O4. The van der Waals surface area contributed by atoms with Crippen molar-refractivity contribution in [1.82, 2.24) is 9.99 Å². The second-order valence-electron chi connectivity index (χ2n) is 9.39. The quantitative estimate of drug-likeness (QED) is 0.177. The fourth-order valence-electron chi connectivity index (χ4n) is 5.08. The topological polar surface area (TPSA) is 109 Å². The molecule has 0 saturated heterocycles. The highest BCUT2D eigenvalue weighted by atomic mass is 79.9. The van der Waals surface area contributed by atoms with Gasteiger partial charge in [-0.05, 0) is 41.5 Å². The lowest BCUT2D eigenvalue weighted by atomic mass is 9.91. The molecule has 196 valence electrons. The number of hydrogen-bond donors (Lipinski definition) is 1. The molecule has 0 saturated carbocycles. The Morgan fingerprint density at radius 2 is 1.60 bits per heavy atom. The van der Waals surface area contributed by atoms with Crippen LogP contribution in [0.15, 0.2) is 117 Å². The van der Waals surface area contributed by atoms with Crippen LogP contribution in [0.2, 0.25) is 0 Å². The maximum Gasteiger partial charge on any atom is 0.274 e. The molecule has 2 heterocycles. The first kappa shape index (κ1) is 25.4. The number of H-pyrrole nitrogens is 1. The minimum atomic E-state index is -0.565. The maximum atomic E-state index is 13.7. The Morgan fingerprint density at radius 3 is 2.27 bits per heavy atom. The van der Waals surface area contributed by atoms with Crippen molar-refractivity contribution >= 4 is 44.1 Å². The number of fused-ring (bicyclic) bond motifs is 1. The molecule has 0 radical (unpaired) electrons. The minimum absolute atomic E-state index is 0.0493.